The van der Waals surface area contributed by atoms with Gasteiger partial charge in [-0.15, -0.1) is 11.8 Å². The zero-order valence-corrected chi connectivity index (χ0v) is 19.1. The maximum absolute atomic E-state index is 13.1. The van der Waals surface area contributed by atoms with Gasteiger partial charge in [0.05, 0.1) is 25.3 Å². The first-order valence-electron chi connectivity index (χ1n) is 10.6. The number of carbonyl (C=O) groups is 1. The molecule has 6 nitrogen and oxygen atoms in total. The van der Waals surface area contributed by atoms with Crippen LogP contribution in [-0.2, 0) is 5.75 Å². The molecule has 1 fully saturated rings. The molecule has 0 radical (unpaired) electrons. The van der Waals surface area contributed by atoms with E-state index in [2.05, 4.69) is 16.4 Å². The highest BCUT2D eigenvalue weighted by Gasteiger charge is 2.32. The topological polar surface area (TPSA) is 63.7 Å². The first kappa shape index (κ1) is 22.0. The van der Waals surface area contributed by atoms with Gasteiger partial charge >= 0.3 is 6.03 Å². The molecule has 1 aromatic heterocycles. The fraction of sp³-hybridized carbons (Fsp3) is 0.280. The van der Waals surface area contributed by atoms with Crippen LogP contribution in [0, 0.1) is 0 Å². The van der Waals surface area contributed by atoms with E-state index in [1.54, 1.807) is 32.2 Å². The van der Waals surface area contributed by atoms with Gasteiger partial charge in [-0.25, -0.2) is 9.78 Å². The van der Waals surface area contributed by atoms with Crippen LogP contribution in [0.1, 0.15) is 30.0 Å². The van der Waals surface area contributed by atoms with Gasteiger partial charge in [0.2, 0.25) is 0 Å². The average molecular weight is 450 g/mol. The van der Waals surface area contributed by atoms with Crippen molar-refractivity contribution in [3.63, 3.8) is 0 Å². The fourth-order valence-corrected chi connectivity index (χ4v) is 4.76. The van der Waals surface area contributed by atoms with Crippen molar-refractivity contribution in [1.29, 1.82) is 0 Å². The zero-order valence-electron chi connectivity index (χ0n) is 18.3. The van der Waals surface area contributed by atoms with Crippen molar-refractivity contribution < 1.29 is 14.3 Å². The molecule has 7 heteroatoms. The number of pyridine rings is 1. The number of nitrogens with zero attached hydrogens (tertiary/aromatic N) is 2. The number of benzene rings is 2. The van der Waals surface area contributed by atoms with Crippen molar-refractivity contribution in [2.45, 2.75) is 29.7 Å². The first-order valence-corrected chi connectivity index (χ1v) is 11.6. The van der Waals surface area contributed by atoms with E-state index < -0.39 is 0 Å². The number of ether oxygens (including phenoxy) is 2. The van der Waals surface area contributed by atoms with E-state index in [0.29, 0.717) is 6.54 Å². The molecule has 3 aromatic rings. The number of amides is 2. The summed E-state index contributed by atoms with van der Waals surface area (Å²) in [4.78, 5) is 19.4. The predicted molar refractivity (Wildman–Crippen MR) is 127 cm³/mol. The molecule has 1 N–H and O–H groups in total. The van der Waals surface area contributed by atoms with Crippen molar-refractivity contribution in [2.24, 2.45) is 0 Å². The number of nitrogens with one attached hydrogen (secondary N) is 1. The zero-order chi connectivity index (χ0) is 22.3. The third kappa shape index (κ3) is 5.16. The molecule has 0 bridgehead atoms. The Morgan fingerprint density at radius 1 is 1.12 bits per heavy atom. The summed E-state index contributed by atoms with van der Waals surface area (Å²) < 4.78 is 10.9. The molecule has 32 heavy (non-hydrogen) atoms. The number of methoxy groups -OCH3 is 2. The average Bonchev–Trinajstić information content (AvgIpc) is 3.33. The summed E-state index contributed by atoms with van der Waals surface area (Å²) in [6.45, 7) is 0.709. The summed E-state index contributed by atoms with van der Waals surface area (Å²) in [5.74, 6) is 2.26. The summed E-state index contributed by atoms with van der Waals surface area (Å²) in [7, 11) is 3.28. The van der Waals surface area contributed by atoms with Crippen LogP contribution in [0.2, 0.25) is 0 Å². The van der Waals surface area contributed by atoms with Crippen molar-refractivity contribution in [2.75, 3.05) is 26.1 Å². The van der Waals surface area contributed by atoms with Crippen LogP contribution in [0.15, 0.2) is 71.9 Å². The lowest BCUT2D eigenvalue weighted by Crippen LogP contribution is -2.34. The van der Waals surface area contributed by atoms with Gasteiger partial charge in [-0.05, 0) is 54.8 Å². The SMILES string of the molecule is COc1ccc(C2CCCN2C(=O)Nc2cccc(CSc3ccccn3)c2)c(OC)c1. The summed E-state index contributed by atoms with van der Waals surface area (Å²) in [5, 5.41) is 4.06. The molecule has 2 heterocycles. The van der Waals surface area contributed by atoms with Gasteiger partial charge in [-0.2, -0.15) is 0 Å². The molecular formula is C25H27N3O3S. The molecule has 0 saturated carbocycles. The fourth-order valence-electron chi connectivity index (χ4n) is 3.95. The third-order valence-electron chi connectivity index (χ3n) is 5.52. The second-order valence-electron chi connectivity index (χ2n) is 7.55. The standard InChI is InChI=1S/C25H27N3O3S/c1-30-20-11-12-21(23(16-20)31-2)22-9-6-14-28(22)25(29)27-19-8-5-7-18(15-19)17-32-24-10-3-4-13-26-24/h3-5,7-8,10-13,15-16,22H,6,9,14,17H2,1-2H3,(H,27,29). The summed E-state index contributed by atoms with van der Waals surface area (Å²) >= 11 is 1.67. The molecule has 1 atom stereocenters. The Balaban J connectivity index is 1.44. The van der Waals surface area contributed by atoms with Crippen LogP contribution in [0.3, 0.4) is 0 Å². The van der Waals surface area contributed by atoms with E-state index in [0.717, 1.165) is 51.9 Å². The molecule has 4 rings (SSSR count). The van der Waals surface area contributed by atoms with Gasteiger partial charge in [0, 0.05) is 35.8 Å². The van der Waals surface area contributed by atoms with Gasteiger partial charge in [-0.1, -0.05) is 18.2 Å². The lowest BCUT2D eigenvalue weighted by molar-refractivity contribution is 0.206. The molecule has 166 valence electrons. The second kappa shape index (κ2) is 10.4. The first-order chi connectivity index (χ1) is 15.7. The van der Waals surface area contributed by atoms with Gasteiger partial charge in [0.25, 0.3) is 0 Å². The highest BCUT2D eigenvalue weighted by Crippen LogP contribution is 2.39. The van der Waals surface area contributed by atoms with Gasteiger partial charge in [0.1, 0.15) is 11.5 Å². The molecular weight excluding hydrogens is 422 g/mol. The number of hydrogen-bond donors (Lipinski definition) is 1. The molecule has 2 amide bonds. The number of rotatable bonds is 7. The van der Waals surface area contributed by atoms with Gasteiger partial charge < -0.3 is 19.7 Å². The Hall–Kier alpha value is -3.19. The van der Waals surface area contributed by atoms with Crippen LogP contribution in [0.4, 0.5) is 10.5 Å². The Morgan fingerprint density at radius 2 is 2.03 bits per heavy atom. The third-order valence-corrected chi connectivity index (χ3v) is 6.53. The number of carbonyl (C=O) groups excluding carboxylic acids is 1. The molecule has 1 saturated heterocycles. The minimum Gasteiger partial charge on any atom is -0.497 e. The van der Waals surface area contributed by atoms with Gasteiger partial charge in [0.15, 0.2) is 0 Å². The minimum atomic E-state index is -0.0973. The second-order valence-corrected chi connectivity index (χ2v) is 8.54. The lowest BCUT2D eigenvalue weighted by Gasteiger charge is -2.27. The van der Waals surface area contributed by atoms with E-state index in [1.165, 1.54) is 0 Å². The van der Waals surface area contributed by atoms with Crippen LogP contribution >= 0.6 is 11.8 Å². The van der Waals surface area contributed by atoms with E-state index in [9.17, 15) is 4.79 Å². The summed E-state index contributed by atoms with van der Waals surface area (Å²) in [6.07, 6.45) is 3.65. The van der Waals surface area contributed by atoms with E-state index in [4.69, 9.17) is 9.47 Å². The maximum Gasteiger partial charge on any atom is 0.322 e. The van der Waals surface area contributed by atoms with Crippen molar-refractivity contribution in [1.82, 2.24) is 9.88 Å². The number of thioether (sulfide) groups is 1. The molecule has 0 spiro atoms. The van der Waals surface area contributed by atoms with Crippen molar-refractivity contribution in [3.8, 4) is 11.5 Å². The Morgan fingerprint density at radius 3 is 2.81 bits per heavy atom. The van der Waals surface area contributed by atoms with E-state index >= 15 is 0 Å². The predicted octanol–water partition coefficient (Wildman–Crippen LogP) is 5.76. The smallest absolute Gasteiger partial charge is 0.322 e. The quantitative estimate of drug-likeness (QED) is 0.465. The Kier molecular flexibility index (Phi) is 7.17. The minimum absolute atomic E-state index is 0.0289. The molecule has 0 aliphatic carbocycles. The lowest BCUT2D eigenvalue weighted by atomic mass is 10.0. The maximum atomic E-state index is 13.1. The van der Waals surface area contributed by atoms with Crippen LogP contribution in [0.5, 0.6) is 11.5 Å². The number of urea groups is 1. The number of hydrogen-bond acceptors (Lipinski definition) is 5. The Bertz CT molecular complexity index is 1060. The van der Waals surface area contributed by atoms with Crippen LogP contribution < -0.4 is 14.8 Å². The molecule has 2 aromatic carbocycles. The number of likely N-dealkylation sites (tertiary alicyclic amines) is 1. The van der Waals surface area contributed by atoms with Crippen molar-refractivity contribution >= 4 is 23.5 Å². The molecule has 1 aliphatic heterocycles. The van der Waals surface area contributed by atoms with E-state index in [1.807, 2.05) is 59.5 Å². The highest BCUT2D eigenvalue weighted by molar-refractivity contribution is 7.98. The number of anilines is 1. The largest absolute Gasteiger partial charge is 0.497 e. The summed E-state index contributed by atoms with van der Waals surface area (Å²) in [5.41, 5.74) is 2.93. The van der Waals surface area contributed by atoms with Crippen molar-refractivity contribution in [3.05, 3.63) is 78.0 Å². The number of aromatic nitrogens is 1. The van der Waals surface area contributed by atoms with Gasteiger partial charge in [-0.3, -0.25) is 0 Å². The highest BCUT2D eigenvalue weighted by atomic mass is 32.2. The normalized spacial score (nSPS) is 15.4. The molecule has 1 aliphatic rings. The molecule has 1 unspecified atom stereocenters. The Labute approximate surface area is 193 Å². The van der Waals surface area contributed by atoms with Crippen LogP contribution in [-0.4, -0.2) is 36.7 Å². The van der Waals surface area contributed by atoms with E-state index in [-0.39, 0.29) is 12.1 Å². The summed E-state index contributed by atoms with van der Waals surface area (Å²) in [6, 6.07) is 19.5. The monoisotopic (exact) mass is 449 g/mol. The van der Waals surface area contributed by atoms with Crippen LogP contribution in [0.25, 0.3) is 0 Å².